The minimum absolute atomic E-state index is 0.0308. The largest absolute Gasteiger partial charge is 0.416 e. The Kier molecular flexibility index (Phi) is 6.45. The van der Waals surface area contributed by atoms with Crippen molar-refractivity contribution in [2.24, 2.45) is 0 Å². The van der Waals surface area contributed by atoms with Crippen LogP contribution in [0.3, 0.4) is 0 Å². The van der Waals surface area contributed by atoms with Crippen LogP contribution in [0.1, 0.15) is 17.5 Å². The van der Waals surface area contributed by atoms with Crippen LogP contribution in [-0.4, -0.2) is 39.9 Å². The van der Waals surface area contributed by atoms with E-state index >= 15 is 0 Å². The van der Waals surface area contributed by atoms with Crippen molar-refractivity contribution in [1.82, 2.24) is 19.9 Å². The summed E-state index contributed by atoms with van der Waals surface area (Å²) in [7, 11) is 3.34. The molecule has 1 heterocycles. The molecule has 6 nitrogen and oxygen atoms in total. The van der Waals surface area contributed by atoms with Crippen LogP contribution in [0.2, 0.25) is 5.02 Å². The summed E-state index contributed by atoms with van der Waals surface area (Å²) < 4.78 is 38.4. The molecule has 0 atom stereocenters. The van der Waals surface area contributed by atoms with E-state index in [1.807, 2.05) is 0 Å². The first-order chi connectivity index (χ1) is 14.5. The molecular weight excluding hydrogens is 433 g/mol. The minimum atomic E-state index is -4.47. The maximum atomic E-state index is 12.8. The number of aromatic nitrogens is 3. The number of nitrogens with zero attached hydrogens (tertiary/aromatic N) is 3. The van der Waals surface area contributed by atoms with Crippen LogP contribution in [0.25, 0.3) is 22.8 Å². The standard InChI is InChI=1S/C21H18ClF3N4O2/c1-29(2)17(30)10-4-12-3-9-16(22)15(11-12)19-26-18(27-20(31)28-19)13-5-7-14(8-6-13)21(23,24)25/h3,5-9,11H,4,10H2,1-2H3,(H,26,27,28,31). The van der Waals surface area contributed by atoms with Gasteiger partial charge in [-0.2, -0.15) is 18.2 Å². The Morgan fingerprint density at radius 2 is 1.77 bits per heavy atom. The molecule has 0 unspecified atom stereocenters. The summed E-state index contributed by atoms with van der Waals surface area (Å²) in [5.74, 6) is 0.0638. The molecule has 3 rings (SSSR count). The van der Waals surface area contributed by atoms with Gasteiger partial charge in [-0.15, -0.1) is 0 Å². The van der Waals surface area contributed by atoms with E-state index in [1.54, 1.807) is 32.3 Å². The van der Waals surface area contributed by atoms with Crippen LogP contribution in [0.4, 0.5) is 13.2 Å². The van der Waals surface area contributed by atoms with Gasteiger partial charge in [0, 0.05) is 31.6 Å². The van der Waals surface area contributed by atoms with Crippen LogP contribution in [0.15, 0.2) is 47.3 Å². The predicted octanol–water partition coefficient (Wildman–Crippen LogP) is 4.19. The molecule has 3 aromatic rings. The average Bonchev–Trinajstić information content (AvgIpc) is 2.71. The number of rotatable bonds is 5. The van der Waals surface area contributed by atoms with Gasteiger partial charge in [0.1, 0.15) is 5.82 Å². The van der Waals surface area contributed by atoms with Crippen LogP contribution >= 0.6 is 11.6 Å². The van der Waals surface area contributed by atoms with Gasteiger partial charge in [-0.25, -0.2) is 9.78 Å². The molecule has 0 spiro atoms. The van der Waals surface area contributed by atoms with Crippen molar-refractivity contribution >= 4 is 17.5 Å². The number of halogens is 4. The van der Waals surface area contributed by atoms with Crippen molar-refractivity contribution in [3.05, 3.63) is 69.1 Å². The van der Waals surface area contributed by atoms with E-state index in [1.165, 1.54) is 17.0 Å². The number of nitrogens with one attached hydrogen (secondary N) is 1. The van der Waals surface area contributed by atoms with Gasteiger partial charge in [0.2, 0.25) is 5.91 Å². The Morgan fingerprint density at radius 1 is 1.10 bits per heavy atom. The van der Waals surface area contributed by atoms with E-state index in [4.69, 9.17) is 11.6 Å². The highest BCUT2D eigenvalue weighted by molar-refractivity contribution is 6.33. The second-order valence-corrected chi connectivity index (χ2v) is 7.41. The van der Waals surface area contributed by atoms with Crippen molar-refractivity contribution in [3.63, 3.8) is 0 Å². The maximum absolute atomic E-state index is 12.8. The molecule has 0 bridgehead atoms. The van der Waals surface area contributed by atoms with E-state index in [2.05, 4.69) is 15.0 Å². The van der Waals surface area contributed by atoms with Crippen LogP contribution < -0.4 is 5.69 Å². The SMILES string of the molecule is CN(C)C(=O)CCc1ccc(Cl)c(-c2nc(-c3ccc(C(F)(F)F)cc3)nc(=O)[nH]2)c1. The number of hydrogen-bond donors (Lipinski definition) is 1. The first kappa shape index (κ1) is 22.5. The van der Waals surface area contributed by atoms with Gasteiger partial charge in [0.05, 0.1) is 10.6 Å². The number of aromatic amines is 1. The second-order valence-electron chi connectivity index (χ2n) is 7.00. The average molecular weight is 451 g/mol. The first-order valence-corrected chi connectivity index (χ1v) is 9.57. The van der Waals surface area contributed by atoms with E-state index in [0.717, 1.165) is 17.7 Å². The zero-order valence-electron chi connectivity index (χ0n) is 16.6. The van der Waals surface area contributed by atoms with Gasteiger partial charge >= 0.3 is 11.9 Å². The Bertz CT molecular complexity index is 1160. The molecule has 0 aliphatic heterocycles. The lowest BCUT2D eigenvalue weighted by Crippen LogP contribution is -2.21. The fraction of sp³-hybridized carbons (Fsp3) is 0.238. The molecule has 0 aliphatic carbocycles. The third-order valence-electron chi connectivity index (χ3n) is 4.53. The highest BCUT2D eigenvalue weighted by atomic mass is 35.5. The lowest BCUT2D eigenvalue weighted by molar-refractivity contribution is -0.137. The molecule has 0 saturated carbocycles. The summed E-state index contributed by atoms with van der Waals surface area (Å²) in [5.41, 5.74) is -0.0491. The number of carbonyl (C=O) groups excluding carboxylic acids is 1. The molecule has 0 fully saturated rings. The zero-order chi connectivity index (χ0) is 22.8. The highest BCUT2D eigenvalue weighted by Gasteiger charge is 2.30. The van der Waals surface area contributed by atoms with Gasteiger partial charge in [-0.1, -0.05) is 29.8 Å². The van der Waals surface area contributed by atoms with Crippen LogP contribution in [0.5, 0.6) is 0 Å². The van der Waals surface area contributed by atoms with Crippen molar-refractivity contribution in [2.75, 3.05) is 14.1 Å². The summed E-state index contributed by atoms with van der Waals surface area (Å²) in [6.45, 7) is 0. The zero-order valence-corrected chi connectivity index (χ0v) is 17.4. The molecule has 162 valence electrons. The molecular formula is C21H18ClF3N4O2. The van der Waals surface area contributed by atoms with E-state index in [-0.39, 0.29) is 23.1 Å². The van der Waals surface area contributed by atoms with Gasteiger partial charge in [0.15, 0.2) is 5.82 Å². The number of amides is 1. The van der Waals surface area contributed by atoms with E-state index in [9.17, 15) is 22.8 Å². The van der Waals surface area contributed by atoms with E-state index in [0.29, 0.717) is 23.4 Å². The molecule has 2 aromatic carbocycles. The molecule has 1 N–H and O–H groups in total. The van der Waals surface area contributed by atoms with Crippen molar-refractivity contribution < 1.29 is 18.0 Å². The minimum Gasteiger partial charge on any atom is -0.349 e. The monoisotopic (exact) mass is 450 g/mol. The molecule has 0 saturated heterocycles. The smallest absolute Gasteiger partial charge is 0.349 e. The third-order valence-corrected chi connectivity index (χ3v) is 4.86. The van der Waals surface area contributed by atoms with Gasteiger partial charge < -0.3 is 4.90 Å². The molecule has 0 aliphatic rings. The number of H-pyrrole nitrogens is 1. The van der Waals surface area contributed by atoms with Crippen molar-refractivity contribution in [2.45, 2.75) is 19.0 Å². The summed E-state index contributed by atoms with van der Waals surface area (Å²) in [5, 5.41) is 0.315. The molecule has 1 aromatic heterocycles. The number of hydrogen-bond acceptors (Lipinski definition) is 4. The van der Waals surface area contributed by atoms with Gasteiger partial charge in [-0.05, 0) is 36.2 Å². The number of aryl methyl sites for hydroxylation is 1. The lowest BCUT2D eigenvalue weighted by Gasteiger charge is -2.11. The summed E-state index contributed by atoms with van der Waals surface area (Å²) >= 11 is 6.28. The Labute approximate surface area is 180 Å². The van der Waals surface area contributed by atoms with Gasteiger partial charge in [-0.3, -0.25) is 9.78 Å². The molecule has 0 radical (unpaired) electrons. The Balaban J connectivity index is 1.95. The molecule has 1 amide bonds. The Hall–Kier alpha value is -3.20. The Morgan fingerprint density at radius 3 is 2.39 bits per heavy atom. The topological polar surface area (TPSA) is 79.0 Å². The maximum Gasteiger partial charge on any atom is 0.416 e. The highest BCUT2D eigenvalue weighted by Crippen LogP contribution is 2.31. The predicted molar refractivity (Wildman–Crippen MR) is 111 cm³/mol. The fourth-order valence-electron chi connectivity index (χ4n) is 2.83. The number of carbonyl (C=O) groups is 1. The summed E-state index contributed by atoms with van der Waals surface area (Å²) in [6, 6.07) is 9.30. The van der Waals surface area contributed by atoms with Crippen molar-refractivity contribution in [3.8, 4) is 22.8 Å². The fourth-order valence-corrected chi connectivity index (χ4v) is 3.04. The second kappa shape index (κ2) is 8.89. The van der Waals surface area contributed by atoms with Crippen molar-refractivity contribution in [1.29, 1.82) is 0 Å². The summed E-state index contributed by atoms with van der Waals surface area (Å²) in [6.07, 6.45) is -3.71. The summed E-state index contributed by atoms with van der Waals surface area (Å²) in [4.78, 5) is 36.0. The van der Waals surface area contributed by atoms with Crippen LogP contribution in [0, 0.1) is 0 Å². The lowest BCUT2D eigenvalue weighted by atomic mass is 10.1. The molecule has 31 heavy (non-hydrogen) atoms. The number of benzene rings is 2. The number of alkyl halides is 3. The quantitative estimate of drug-likeness (QED) is 0.632. The van der Waals surface area contributed by atoms with Crippen LogP contribution in [-0.2, 0) is 17.4 Å². The van der Waals surface area contributed by atoms with Gasteiger partial charge in [0.25, 0.3) is 0 Å². The molecule has 10 heteroatoms. The third kappa shape index (κ3) is 5.49. The first-order valence-electron chi connectivity index (χ1n) is 9.19. The van der Waals surface area contributed by atoms with E-state index < -0.39 is 17.4 Å². The normalized spacial score (nSPS) is 11.4.